The Bertz CT molecular complexity index is 1290. The van der Waals surface area contributed by atoms with E-state index < -0.39 is 23.4 Å². The van der Waals surface area contributed by atoms with Crippen LogP contribution < -0.4 is 26.1 Å². The summed E-state index contributed by atoms with van der Waals surface area (Å²) in [5.74, 6) is -0.579. The number of thioether (sulfide) groups is 1. The third-order valence-corrected chi connectivity index (χ3v) is 9.09. The molecule has 0 radical (unpaired) electrons. The first-order valence-corrected chi connectivity index (χ1v) is 14.7. The van der Waals surface area contributed by atoms with Crippen molar-refractivity contribution >= 4 is 58.3 Å². The summed E-state index contributed by atoms with van der Waals surface area (Å²) >= 11 is 2.82. The third kappa shape index (κ3) is 5.70. The number of aryl methyl sites for hydroxylation is 1. The topological polar surface area (TPSA) is 189 Å². The summed E-state index contributed by atoms with van der Waals surface area (Å²) in [6.07, 6.45) is 4.60. The highest BCUT2D eigenvalue weighted by molar-refractivity contribution is 8.00. The van der Waals surface area contributed by atoms with Crippen LogP contribution in [0, 0.1) is 5.92 Å². The van der Waals surface area contributed by atoms with Crippen LogP contribution in [-0.2, 0) is 27.5 Å². The lowest BCUT2D eigenvalue weighted by atomic mass is 9.93. The molecule has 3 aliphatic heterocycles. The van der Waals surface area contributed by atoms with E-state index in [1.807, 2.05) is 34.1 Å². The van der Waals surface area contributed by atoms with Crippen molar-refractivity contribution in [2.24, 2.45) is 27.5 Å². The molecule has 0 bridgehead atoms. The van der Waals surface area contributed by atoms with E-state index in [0.717, 1.165) is 24.1 Å². The van der Waals surface area contributed by atoms with Gasteiger partial charge in [-0.25, -0.2) is 9.56 Å². The molecule has 1 amide bonds. The number of nitrogens with zero attached hydrogens (tertiary/aromatic N) is 6. The van der Waals surface area contributed by atoms with Crippen LogP contribution in [0.5, 0.6) is 0 Å². The van der Waals surface area contributed by atoms with Gasteiger partial charge in [0.15, 0.2) is 11.3 Å². The van der Waals surface area contributed by atoms with Crippen LogP contribution in [0.25, 0.3) is 11.2 Å². The summed E-state index contributed by atoms with van der Waals surface area (Å²) < 4.78 is 7.00. The Morgan fingerprint density at radius 2 is 2.28 bits per heavy atom. The fourth-order valence-electron chi connectivity index (χ4n) is 5.08. The van der Waals surface area contributed by atoms with Crippen LogP contribution in [0.4, 0.5) is 0 Å². The van der Waals surface area contributed by atoms with Gasteiger partial charge < -0.3 is 30.3 Å². The summed E-state index contributed by atoms with van der Waals surface area (Å²) in [4.78, 5) is 41.4. The lowest BCUT2D eigenvalue weighted by molar-refractivity contribution is -0.679. The molecule has 3 aliphatic rings. The predicted octanol–water partition coefficient (Wildman–Crippen LogP) is -1.10. The van der Waals surface area contributed by atoms with Crippen molar-refractivity contribution in [2.45, 2.75) is 49.4 Å². The summed E-state index contributed by atoms with van der Waals surface area (Å²) in [6, 6.07) is 3.05. The van der Waals surface area contributed by atoms with E-state index in [9.17, 15) is 14.7 Å². The first kappa shape index (κ1) is 27.6. The summed E-state index contributed by atoms with van der Waals surface area (Å²) in [7, 11) is 0. The second-order valence-electron chi connectivity index (χ2n) is 9.44. The fraction of sp³-hybridized carbons (Fsp3) is 0.565. The van der Waals surface area contributed by atoms with Gasteiger partial charge in [0.05, 0.1) is 24.2 Å². The van der Waals surface area contributed by atoms with Gasteiger partial charge in [-0.3, -0.25) is 20.2 Å². The van der Waals surface area contributed by atoms with E-state index in [4.69, 9.17) is 16.3 Å². The third-order valence-electron chi connectivity index (χ3n) is 6.87. The van der Waals surface area contributed by atoms with Crippen molar-refractivity contribution in [3.8, 4) is 0 Å². The highest BCUT2D eigenvalue weighted by atomic mass is 32.2. The predicted molar refractivity (Wildman–Crippen MR) is 149 cm³/mol. The number of carbonyl (C=O) groups is 2. The highest BCUT2D eigenvalue weighted by Crippen LogP contribution is 2.40. The zero-order valence-electron chi connectivity index (χ0n) is 21.5. The first-order valence-electron chi connectivity index (χ1n) is 12.8. The van der Waals surface area contributed by atoms with Gasteiger partial charge in [0.25, 0.3) is 5.91 Å². The van der Waals surface area contributed by atoms with Crippen LogP contribution in [0.3, 0.4) is 0 Å². The molecule has 3 unspecified atom stereocenters. The SMILES string of the molecule is CCO/N=C(\C(=O)N[C@@H]1CN2C(C(=O)O)C(C[n+]3cccc4c3ncn4CCCN)CS[C@H]12)C1=NC(N)SN1. The van der Waals surface area contributed by atoms with Gasteiger partial charge in [0.2, 0.25) is 12.0 Å². The zero-order chi connectivity index (χ0) is 27.5. The van der Waals surface area contributed by atoms with E-state index in [2.05, 4.69) is 29.7 Å². The molecular weight excluding hydrogens is 544 g/mol. The number of hydrogen-bond acceptors (Lipinski definition) is 12. The maximum Gasteiger partial charge on any atom is 0.348 e. The minimum Gasteiger partial charge on any atom is -0.480 e. The van der Waals surface area contributed by atoms with Gasteiger partial charge >= 0.3 is 11.6 Å². The van der Waals surface area contributed by atoms with Crippen molar-refractivity contribution < 1.29 is 24.1 Å². The van der Waals surface area contributed by atoms with Gasteiger partial charge in [0.1, 0.15) is 18.2 Å². The lowest BCUT2D eigenvalue weighted by Crippen LogP contribution is -2.73. The molecule has 14 nitrogen and oxygen atoms in total. The number of amidine groups is 1. The number of aliphatic carboxylic acids is 1. The van der Waals surface area contributed by atoms with E-state index in [1.165, 1.54) is 11.9 Å². The number of hydrogen-bond donors (Lipinski definition) is 5. The molecule has 5 atom stereocenters. The highest BCUT2D eigenvalue weighted by Gasteiger charge is 2.53. The number of carbonyl (C=O) groups excluding carboxylic acids is 1. The van der Waals surface area contributed by atoms with Crippen molar-refractivity contribution in [3.05, 3.63) is 24.7 Å². The Labute approximate surface area is 233 Å². The van der Waals surface area contributed by atoms with E-state index in [1.54, 1.807) is 18.7 Å². The van der Waals surface area contributed by atoms with Gasteiger partial charge in [-0.05, 0) is 49.0 Å². The molecule has 2 saturated heterocycles. The minimum atomic E-state index is -0.870. The Balaban J connectivity index is 1.27. The monoisotopic (exact) mass is 577 g/mol. The van der Waals surface area contributed by atoms with E-state index in [-0.39, 0.29) is 28.9 Å². The lowest BCUT2D eigenvalue weighted by Gasteiger charge is -2.54. The van der Waals surface area contributed by atoms with E-state index in [0.29, 0.717) is 32.0 Å². The molecule has 0 aliphatic carbocycles. The number of aromatic nitrogens is 3. The van der Waals surface area contributed by atoms with Crippen molar-refractivity contribution in [2.75, 3.05) is 25.4 Å². The number of carboxylic acid groups (broad SMARTS) is 1. The standard InChI is InChI=1S/C23H32N10O4S2/c1-2-37-29-16(18-28-23(25)39-30-18)20(34)27-14-10-33-17(22(35)36)13(11-38-21(14)33)9-31-7-3-5-15-19(31)26-12-32(15)8-4-6-24/h3,5,7,12-14,17,21,23H,2,4,6,8-11,24-25H2,1H3,(H2-,27,28,30,34,35,36)/p+1/b29-16-/t13?,14-,17?,21-,23?/m1/s1. The average Bonchev–Trinajstić information content (AvgIpc) is 3.53. The molecule has 39 heavy (non-hydrogen) atoms. The summed E-state index contributed by atoms with van der Waals surface area (Å²) in [6.45, 7) is 4.37. The van der Waals surface area contributed by atoms with Crippen LogP contribution in [0.2, 0.25) is 0 Å². The van der Waals surface area contributed by atoms with Crippen molar-refractivity contribution in [1.82, 2.24) is 24.5 Å². The zero-order valence-corrected chi connectivity index (χ0v) is 23.1. The summed E-state index contributed by atoms with van der Waals surface area (Å²) in [5, 5.41) is 16.9. The molecule has 2 fully saturated rings. The fourth-order valence-corrected chi connectivity index (χ4v) is 7.15. The molecule has 0 saturated carbocycles. The second-order valence-corrected chi connectivity index (χ2v) is 11.5. The molecule has 2 aromatic rings. The Morgan fingerprint density at radius 1 is 1.44 bits per heavy atom. The summed E-state index contributed by atoms with van der Waals surface area (Å²) in [5.41, 5.74) is 12.8. The van der Waals surface area contributed by atoms with Gasteiger partial charge in [-0.2, -0.15) is 0 Å². The largest absolute Gasteiger partial charge is 0.480 e. The molecule has 5 heterocycles. The number of imidazole rings is 1. The molecule has 210 valence electrons. The number of nitrogens with one attached hydrogen (secondary N) is 2. The Hall–Kier alpha value is -2.92. The van der Waals surface area contributed by atoms with Gasteiger partial charge in [0, 0.05) is 24.8 Å². The van der Waals surface area contributed by atoms with Crippen LogP contribution in [0.15, 0.2) is 34.8 Å². The smallest absolute Gasteiger partial charge is 0.348 e. The Kier molecular flexibility index (Phi) is 8.56. The quantitative estimate of drug-likeness (QED) is 0.0943. The number of carboxylic acids is 1. The number of aliphatic imine (C=N–C) groups is 1. The molecule has 0 aromatic carbocycles. The molecule has 7 N–H and O–H groups in total. The Morgan fingerprint density at radius 3 is 3.00 bits per heavy atom. The van der Waals surface area contributed by atoms with Crippen molar-refractivity contribution in [3.63, 3.8) is 0 Å². The number of nitrogens with two attached hydrogens (primary N) is 2. The van der Waals surface area contributed by atoms with Gasteiger partial charge in [-0.1, -0.05) is 5.16 Å². The van der Waals surface area contributed by atoms with Gasteiger partial charge in [-0.15, -0.1) is 11.8 Å². The number of fused-ring (bicyclic) bond motifs is 2. The van der Waals surface area contributed by atoms with E-state index >= 15 is 0 Å². The van der Waals surface area contributed by atoms with Crippen molar-refractivity contribution in [1.29, 1.82) is 0 Å². The average molecular weight is 578 g/mol. The molecule has 16 heteroatoms. The number of amides is 1. The number of rotatable bonds is 11. The number of oxime groups is 1. The van der Waals surface area contributed by atoms with Crippen LogP contribution >= 0.6 is 23.7 Å². The second kappa shape index (κ2) is 12.1. The molecular formula is C23H33N10O4S2+. The number of pyridine rings is 1. The molecule has 0 spiro atoms. The normalized spacial score (nSPS) is 26.9. The van der Waals surface area contributed by atoms with Crippen LogP contribution in [0.1, 0.15) is 13.3 Å². The molecule has 2 aromatic heterocycles. The molecule has 5 rings (SSSR count). The first-order chi connectivity index (χ1) is 18.9. The minimum absolute atomic E-state index is 0.0135. The van der Waals surface area contributed by atoms with Crippen LogP contribution in [-0.4, -0.2) is 91.4 Å². The maximum atomic E-state index is 13.1. The maximum absolute atomic E-state index is 13.1.